The average Bonchev–Trinajstić information content (AvgIpc) is 2.92. The third kappa shape index (κ3) is 3.74. The molecule has 0 unspecified atom stereocenters. The fraction of sp³-hybridized carbons (Fsp3) is 0.125. The molecule has 0 fully saturated rings. The van der Waals surface area contributed by atoms with Crippen LogP contribution in [0, 0.1) is 10.6 Å². The third-order valence-corrected chi connectivity index (χ3v) is 3.76. The van der Waals surface area contributed by atoms with Crippen LogP contribution in [-0.2, 0) is 0 Å². The maximum atomic E-state index is 13.6. The van der Waals surface area contributed by atoms with Gasteiger partial charge < -0.3 is 20.0 Å². The Morgan fingerprint density at radius 2 is 2.00 bits per heavy atom. The first-order chi connectivity index (χ1) is 11.5. The number of amides is 1. The molecule has 0 radical (unpaired) electrons. The molecule has 3 N–H and O–H groups in total. The molecule has 1 amide bonds. The van der Waals surface area contributed by atoms with Gasteiger partial charge in [-0.2, -0.15) is 0 Å². The van der Waals surface area contributed by atoms with Crippen LogP contribution in [0.3, 0.4) is 0 Å². The van der Waals surface area contributed by atoms with Gasteiger partial charge >= 0.3 is 0 Å². The number of rotatable bonds is 5. The van der Waals surface area contributed by atoms with E-state index >= 15 is 0 Å². The first-order valence-electron chi connectivity index (χ1n) is 7.11. The maximum Gasteiger partial charge on any atom is 0.253 e. The van der Waals surface area contributed by atoms with Crippen molar-refractivity contribution in [3.05, 3.63) is 57.6 Å². The molecule has 8 heteroatoms. The molecule has 0 aliphatic carbocycles. The summed E-state index contributed by atoms with van der Waals surface area (Å²) in [6.45, 7) is 0.541. The highest BCUT2D eigenvalue weighted by atomic mass is 35.5. The number of carbonyl (C=O) groups is 1. The zero-order valence-corrected chi connectivity index (χ0v) is 13.9. The number of nitrogens with one attached hydrogen (secondary N) is 3. The van der Waals surface area contributed by atoms with Gasteiger partial charge in [-0.3, -0.25) is 4.79 Å². The molecule has 124 valence electrons. The first kappa shape index (κ1) is 16.5. The predicted octanol–water partition coefficient (Wildman–Crippen LogP) is 3.83. The highest BCUT2D eigenvalue weighted by molar-refractivity contribution is 7.71. The second-order valence-electron chi connectivity index (χ2n) is 5.01. The summed E-state index contributed by atoms with van der Waals surface area (Å²) in [5.41, 5.74) is 1.10. The molecule has 0 aliphatic heterocycles. The Kier molecular flexibility index (Phi) is 4.82. The van der Waals surface area contributed by atoms with Gasteiger partial charge in [-0.1, -0.05) is 11.6 Å². The van der Waals surface area contributed by atoms with Crippen LogP contribution in [-0.4, -0.2) is 29.0 Å². The lowest BCUT2D eigenvalue weighted by Gasteiger charge is -2.08. The maximum absolute atomic E-state index is 13.6. The van der Waals surface area contributed by atoms with Gasteiger partial charge in [0.15, 0.2) is 4.77 Å². The Labute approximate surface area is 146 Å². The zero-order valence-electron chi connectivity index (χ0n) is 12.4. The lowest BCUT2D eigenvalue weighted by Crippen LogP contribution is -2.28. The van der Waals surface area contributed by atoms with E-state index in [2.05, 4.69) is 15.3 Å². The molecule has 1 aromatic heterocycles. The van der Waals surface area contributed by atoms with E-state index in [1.165, 1.54) is 6.07 Å². The first-order valence-corrected chi connectivity index (χ1v) is 7.89. The van der Waals surface area contributed by atoms with Gasteiger partial charge in [-0.25, -0.2) is 4.39 Å². The van der Waals surface area contributed by atoms with E-state index in [0.717, 1.165) is 6.07 Å². The number of ether oxygens (including phenoxy) is 1. The summed E-state index contributed by atoms with van der Waals surface area (Å²) in [6, 6.07) is 9.35. The van der Waals surface area contributed by atoms with Crippen molar-refractivity contribution in [3.8, 4) is 5.75 Å². The molecule has 3 aromatic rings. The normalized spacial score (nSPS) is 10.8. The van der Waals surface area contributed by atoms with Crippen LogP contribution >= 0.6 is 23.8 Å². The monoisotopic (exact) mass is 365 g/mol. The van der Waals surface area contributed by atoms with Crippen LogP contribution in [0.25, 0.3) is 11.0 Å². The summed E-state index contributed by atoms with van der Waals surface area (Å²) < 4.78 is 19.4. The summed E-state index contributed by atoms with van der Waals surface area (Å²) in [6.07, 6.45) is 0. The smallest absolute Gasteiger partial charge is 0.253 e. The van der Waals surface area contributed by atoms with E-state index in [-0.39, 0.29) is 18.7 Å². The largest absolute Gasteiger partial charge is 0.492 e. The summed E-state index contributed by atoms with van der Waals surface area (Å²) >= 11 is 10.8. The SMILES string of the molecule is O=C(NCCOc1ccc(Cl)cc1)c1cc(F)cc2[nH]c(=S)[nH]c12. The number of imidazole rings is 1. The molecule has 0 atom stereocenters. The minimum absolute atomic E-state index is 0.184. The predicted molar refractivity (Wildman–Crippen MR) is 92.7 cm³/mol. The Bertz CT molecular complexity index is 937. The van der Waals surface area contributed by atoms with Crippen LogP contribution in [0.15, 0.2) is 36.4 Å². The molecule has 3 rings (SSSR count). The van der Waals surface area contributed by atoms with E-state index < -0.39 is 11.7 Å². The van der Waals surface area contributed by atoms with Gasteiger partial charge in [0.2, 0.25) is 0 Å². The lowest BCUT2D eigenvalue weighted by atomic mass is 10.1. The molecule has 1 heterocycles. The van der Waals surface area contributed by atoms with E-state index in [1.54, 1.807) is 24.3 Å². The second-order valence-corrected chi connectivity index (χ2v) is 5.86. The van der Waals surface area contributed by atoms with Crippen molar-refractivity contribution in [1.29, 1.82) is 0 Å². The highest BCUT2D eigenvalue weighted by Gasteiger charge is 2.13. The number of fused-ring (bicyclic) bond motifs is 1. The van der Waals surface area contributed by atoms with Gasteiger partial charge in [0.25, 0.3) is 5.91 Å². The molecular weight excluding hydrogens is 353 g/mol. The van der Waals surface area contributed by atoms with Gasteiger partial charge in [-0.15, -0.1) is 0 Å². The lowest BCUT2D eigenvalue weighted by molar-refractivity contribution is 0.0948. The molecule has 2 aromatic carbocycles. The number of halogens is 2. The Balaban J connectivity index is 1.63. The molecule has 24 heavy (non-hydrogen) atoms. The summed E-state index contributed by atoms with van der Waals surface area (Å²) in [4.78, 5) is 17.9. The number of H-pyrrole nitrogens is 2. The van der Waals surface area contributed by atoms with Gasteiger partial charge in [-0.05, 0) is 48.6 Å². The van der Waals surface area contributed by atoms with Crippen molar-refractivity contribution in [2.24, 2.45) is 0 Å². The average molecular weight is 366 g/mol. The van der Waals surface area contributed by atoms with Crippen LogP contribution in [0.2, 0.25) is 5.02 Å². The number of aromatic nitrogens is 2. The van der Waals surface area contributed by atoms with E-state index in [4.69, 9.17) is 28.6 Å². The highest BCUT2D eigenvalue weighted by Crippen LogP contribution is 2.18. The van der Waals surface area contributed by atoms with Crippen molar-refractivity contribution in [1.82, 2.24) is 15.3 Å². The van der Waals surface area contributed by atoms with Crippen molar-refractivity contribution in [2.45, 2.75) is 0 Å². The van der Waals surface area contributed by atoms with Crippen LogP contribution < -0.4 is 10.1 Å². The quantitative estimate of drug-likeness (QED) is 0.475. The zero-order chi connectivity index (χ0) is 17.1. The fourth-order valence-corrected chi connectivity index (χ4v) is 2.58. The standard InChI is InChI=1S/C16H13ClFN3O2S/c17-9-1-3-11(4-2-9)23-6-5-19-15(22)12-7-10(18)8-13-14(12)21-16(24)20-13/h1-4,7-8H,5-6H2,(H,19,22)(H2,20,21,24). The topological polar surface area (TPSA) is 69.9 Å². The molecule has 0 saturated heterocycles. The molecule has 0 aliphatic rings. The van der Waals surface area contributed by atoms with Gasteiger partial charge in [0.05, 0.1) is 23.1 Å². The summed E-state index contributed by atoms with van der Waals surface area (Å²) in [7, 11) is 0. The van der Waals surface area contributed by atoms with Crippen molar-refractivity contribution < 1.29 is 13.9 Å². The molecule has 0 spiro atoms. The number of aromatic amines is 2. The third-order valence-electron chi connectivity index (χ3n) is 3.30. The Hall–Kier alpha value is -2.38. The van der Waals surface area contributed by atoms with Crippen molar-refractivity contribution in [2.75, 3.05) is 13.2 Å². The van der Waals surface area contributed by atoms with E-state index in [9.17, 15) is 9.18 Å². The van der Waals surface area contributed by atoms with Gasteiger partial charge in [0.1, 0.15) is 18.2 Å². The van der Waals surface area contributed by atoms with Gasteiger partial charge in [0, 0.05) is 5.02 Å². The summed E-state index contributed by atoms with van der Waals surface area (Å²) in [5, 5.41) is 3.30. The number of hydrogen-bond donors (Lipinski definition) is 3. The van der Waals surface area contributed by atoms with Crippen LogP contribution in [0.5, 0.6) is 5.75 Å². The number of hydrogen-bond acceptors (Lipinski definition) is 3. The van der Waals surface area contributed by atoms with E-state index in [0.29, 0.717) is 26.6 Å². The second kappa shape index (κ2) is 7.02. The van der Waals surface area contributed by atoms with Crippen LogP contribution in [0.1, 0.15) is 10.4 Å². The minimum Gasteiger partial charge on any atom is -0.492 e. The van der Waals surface area contributed by atoms with Crippen molar-refractivity contribution in [3.63, 3.8) is 0 Å². The Morgan fingerprint density at radius 3 is 2.75 bits per heavy atom. The fourth-order valence-electron chi connectivity index (χ4n) is 2.25. The molecule has 5 nitrogen and oxygen atoms in total. The molecule has 0 bridgehead atoms. The Morgan fingerprint density at radius 1 is 1.25 bits per heavy atom. The van der Waals surface area contributed by atoms with E-state index in [1.807, 2.05) is 0 Å². The molecule has 0 saturated carbocycles. The molecular formula is C16H13ClFN3O2S. The minimum atomic E-state index is -0.518. The van der Waals surface area contributed by atoms with Crippen molar-refractivity contribution >= 4 is 40.8 Å². The number of carbonyl (C=O) groups excluding carboxylic acids is 1. The summed E-state index contributed by atoms with van der Waals surface area (Å²) in [5.74, 6) is -0.281. The van der Waals surface area contributed by atoms with Crippen LogP contribution in [0.4, 0.5) is 4.39 Å². The number of benzene rings is 2.